The molecule has 0 spiro atoms. The van der Waals surface area contributed by atoms with Crippen molar-refractivity contribution in [1.82, 2.24) is 0 Å². The molecule has 0 aliphatic heterocycles. The molecule has 2 bridgehead atoms. The fourth-order valence-electron chi connectivity index (χ4n) is 7.47. The zero-order chi connectivity index (χ0) is 26.3. The highest BCUT2D eigenvalue weighted by Gasteiger charge is 2.54. The van der Waals surface area contributed by atoms with Crippen LogP contribution in [0, 0.1) is 28.1 Å². The Kier molecular flexibility index (Phi) is 7.99. The van der Waals surface area contributed by atoms with Crippen LogP contribution in [-0.4, -0.2) is 11.2 Å². The van der Waals surface area contributed by atoms with E-state index in [2.05, 4.69) is 106 Å². The lowest BCUT2D eigenvalue weighted by Crippen LogP contribution is -2.55. The molecule has 0 heterocycles. The maximum absolute atomic E-state index is 7.20. The van der Waals surface area contributed by atoms with E-state index in [1.807, 2.05) is 0 Å². The predicted molar refractivity (Wildman–Crippen MR) is 149 cm³/mol. The zero-order valence-electron chi connectivity index (χ0n) is 24.6. The van der Waals surface area contributed by atoms with Crippen LogP contribution in [0.2, 0.25) is 0 Å². The molecule has 0 N–H and O–H groups in total. The summed E-state index contributed by atoms with van der Waals surface area (Å²) in [6.07, 6.45) is 7.73. The van der Waals surface area contributed by atoms with E-state index < -0.39 is 0 Å². The van der Waals surface area contributed by atoms with Gasteiger partial charge in [0.15, 0.2) is 0 Å². The normalized spacial score (nSPS) is 31.9. The van der Waals surface area contributed by atoms with Crippen LogP contribution in [0.15, 0.2) is 42.7 Å². The van der Waals surface area contributed by atoms with Crippen LogP contribution in [0.25, 0.3) is 0 Å². The molecule has 0 amide bonds. The van der Waals surface area contributed by atoms with Crippen molar-refractivity contribution in [3.05, 3.63) is 48.2 Å². The highest BCUT2D eigenvalue weighted by atomic mass is 16.5. The minimum atomic E-state index is -0.192. The topological polar surface area (TPSA) is 18.5 Å². The van der Waals surface area contributed by atoms with Gasteiger partial charge in [-0.05, 0) is 73.7 Å². The van der Waals surface area contributed by atoms with Crippen LogP contribution < -0.4 is 0 Å². The monoisotopic (exact) mass is 482 g/mol. The Morgan fingerprint density at radius 2 is 1.66 bits per heavy atom. The van der Waals surface area contributed by atoms with Gasteiger partial charge in [0.1, 0.15) is 5.60 Å². The van der Waals surface area contributed by atoms with Crippen molar-refractivity contribution in [3.8, 4) is 0 Å². The molecule has 3 rings (SSSR count). The Bertz CT molecular complexity index is 855. The smallest absolute Gasteiger partial charge is 0.112 e. The van der Waals surface area contributed by atoms with E-state index in [1.54, 1.807) is 0 Å². The van der Waals surface area contributed by atoms with Gasteiger partial charge < -0.3 is 9.47 Å². The third-order valence-electron chi connectivity index (χ3n) is 9.00. The molecular weight excluding hydrogens is 428 g/mol. The molecule has 1 aromatic carbocycles. The molecule has 0 aromatic heterocycles. The molecule has 0 radical (unpaired) electrons. The van der Waals surface area contributed by atoms with E-state index in [0.717, 1.165) is 44.3 Å². The number of benzene rings is 1. The van der Waals surface area contributed by atoms with Crippen molar-refractivity contribution in [3.63, 3.8) is 0 Å². The van der Waals surface area contributed by atoms with Gasteiger partial charge in [-0.3, -0.25) is 0 Å². The summed E-state index contributed by atoms with van der Waals surface area (Å²) in [5, 5.41) is 0. The highest BCUT2D eigenvalue weighted by molar-refractivity contribution is 5.18. The Hall–Kier alpha value is -1.28. The standard InChI is InChI=1S/C33H54O2/c1-12-28(27-16-14-13-15-17-27)35-31(10)20-26-18-24(2)19-33(21-26,23-31)34-25(3)32(11,30(7,8)9)22-29(4,5)6/h13-17,24,26,28H,3,12,18-23H2,1-2,4-11H3. The van der Waals surface area contributed by atoms with E-state index >= 15 is 0 Å². The Balaban J connectivity index is 1.90. The number of hydrogen-bond acceptors (Lipinski definition) is 2. The average molecular weight is 483 g/mol. The first-order valence-electron chi connectivity index (χ1n) is 14.1. The summed E-state index contributed by atoms with van der Waals surface area (Å²) in [6.45, 7) is 28.1. The van der Waals surface area contributed by atoms with Crippen LogP contribution in [0.4, 0.5) is 0 Å². The minimum absolute atomic E-state index is 0.0583. The molecule has 35 heavy (non-hydrogen) atoms. The summed E-state index contributed by atoms with van der Waals surface area (Å²) in [6, 6.07) is 10.7. The Morgan fingerprint density at radius 3 is 2.20 bits per heavy atom. The van der Waals surface area contributed by atoms with Gasteiger partial charge in [0.05, 0.1) is 17.5 Å². The van der Waals surface area contributed by atoms with E-state index in [9.17, 15) is 0 Å². The number of hydrogen-bond donors (Lipinski definition) is 0. The van der Waals surface area contributed by atoms with Crippen LogP contribution in [-0.2, 0) is 9.47 Å². The summed E-state index contributed by atoms with van der Waals surface area (Å²) in [5.74, 6) is 2.29. The summed E-state index contributed by atoms with van der Waals surface area (Å²) >= 11 is 0. The maximum atomic E-state index is 7.20. The number of allylic oxidation sites excluding steroid dienone is 1. The van der Waals surface area contributed by atoms with E-state index in [4.69, 9.17) is 9.47 Å². The lowest BCUT2D eigenvalue weighted by Gasteiger charge is -2.56. The van der Waals surface area contributed by atoms with Crippen molar-refractivity contribution < 1.29 is 9.47 Å². The second kappa shape index (κ2) is 9.88. The van der Waals surface area contributed by atoms with Crippen molar-refractivity contribution >= 4 is 0 Å². The lowest BCUT2D eigenvalue weighted by atomic mass is 9.59. The van der Waals surface area contributed by atoms with Crippen molar-refractivity contribution in [1.29, 1.82) is 0 Å². The third-order valence-corrected chi connectivity index (χ3v) is 9.00. The summed E-state index contributed by atoms with van der Waals surface area (Å²) in [7, 11) is 0. The first-order valence-corrected chi connectivity index (χ1v) is 14.1. The van der Waals surface area contributed by atoms with Gasteiger partial charge in [-0.25, -0.2) is 0 Å². The van der Waals surface area contributed by atoms with Gasteiger partial charge in [-0.2, -0.15) is 0 Å². The second-order valence-corrected chi connectivity index (χ2v) is 14.9. The molecule has 2 nitrogen and oxygen atoms in total. The molecule has 198 valence electrons. The number of fused-ring (bicyclic) bond motifs is 2. The first kappa shape index (κ1) is 28.3. The lowest BCUT2D eigenvalue weighted by molar-refractivity contribution is -0.200. The Morgan fingerprint density at radius 1 is 1.03 bits per heavy atom. The van der Waals surface area contributed by atoms with E-state index in [-0.39, 0.29) is 33.6 Å². The van der Waals surface area contributed by atoms with Gasteiger partial charge >= 0.3 is 0 Å². The van der Waals surface area contributed by atoms with Gasteiger partial charge in [0.25, 0.3) is 0 Å². The van der Waals surface area contributed by atoms with E-state index in [0.29, 0.717) is 11.8 Å². The second-order valence-electron chi connectivity index (χ2n) is 14.9. The van der Waals surface area contributed by atoms with Crippen LogP contribution >= 0.6 is 0 Å². The summed E-state index contributed by atoms with van der Waals surface area (Å²) < 4.78 is 14.2. The van der Waals surface area contributed by atoms with Crippen LogP contribution in [0.3, 0.4) is 0 Å². The number of rotatable bonds is 8. The summed E-state index contributed by atoms with van der Waals surface area (Å²) in [4.78, 5) is 0. The van der Waals surface area contributed by atoms with Crippen LogP contribution in [0.1, 0.15) is 126 Å². The molecular formula is C33H54O2. The van der Waals surface area contributed by atoms with Crippen molar-refractivity contribution in [2.45, 2.75) is 131 Å². The quantitative estimate of drug-likeness (QED) is 0.343. The fraction of sp³-hybridized carbons (Fsp3) is 0.758. The SMILES string of the molecule is C=C(OC12CC(C)CC(CC(C)(OC(CC)c3ccccc3)C1)C2)C(C)(CC(C)(C)C)C(C)(C)C. The average Bonchev–Trinajstić information content (AvgIpc) is 2.69. The molecule has 6 unspecified atom stereocenters. The van der Waals surface area contributed by atoms with E-state index in [1.165, 1.54) is 12.0 Å². The molecule has 2 aliphatic carbocycles. The largest absolute Gasteiger partial charge is 0.492 e. The molecule has 2 aliphatic rings. The molecule has 2 saturated carbocycles. The number of ether oxygens (including phenoxy) is 2. The van der Waals surface area contributed by atoms with Gasteiger partial charge in [0.2, 0.25) is 0 Å². The van der Waals surface area contributed by atoms with Crippen LogP contribution in [0.5, 0.6) is 0 Å². The molecule has 6 atom stereocenters. The van der Waals surface area contributed by atoms with Crippen molar-refractivity contribution in [2.24, 2.45) is 28.1 Å². The fourth-order valence-corrected chi connectivity index (χ4v) is 7.47. The maximum Gasteiger partial charge on any atom is 0.112 e. The molecule has 1 aromatic rings. The van der Waals surface area contributed by atoms with Crippen molar-refractivity contribution in [2.75, 3.05) is 0 Å². The molecule has 2 heteroatoms. The Labute approximate surface area is 217 Å². The van der Waals surface area contributed by atoms with Gasteiger partial charge in [-0.1, -0.05) is 99.2 Å². The zero-order valence-corrected chi connectivity index (χ0v) is 24.6. The summed E-state index contributed by atoms with van der Waals surface area (Å²) in [5.41, 5.74) is 1.05. The van der Waals surface area contributed by atoms with Gasteiger partial charge in [-0.15, -0.1) is 0 Å². The highest BCUT2D eigenvalue weighted by Crippen LogP contribution is 2.57. The predicted octanol–water partition coefficient (Wildman–Crippen LogP) is 9.90. The first-order chi connectivity index (χ1) is 16.0. The minimum Gasteiger partial charge on any atom is -0.492 e. The molecule has 2 fully saturated rings. The van der Waals surface area contributed by atoms with Gasteiger partial charge in [0, 0.05) is 11.8 Å². The third kappa shape index (κ3) is 6.54. The molecule has 0 saturated heterocycles.